The van der Waals surface area contributed by atoms with Crippen LogP contribution in [-0.2, 0) is 6.18 Å². The second kappa shape index (κ2) is 8.33. The summed E-state index contributed by atoms with van der Waals surface area (Å²) in [5.74, 6) is -0.263. The van der Waals surface area contributed by atoms with Crippen molar-refractivity contribution in [3.63, 3.8) is 0 Å². The molecule has 1 N–H and O–H groups in total. The van der Waals surface area contributed by atoms with Crippen LogP contribution in [0.1, 0.15) is 40.1 Å². The maximum Gasteiger partial charge on any atom is 0.416 e. The average Bonchev–Trinajstić information content (AvgIpc) is 3.43. The van der Waals surface area contributed by atoms with E-state index >= 15 is 0 Å². The van der Waals surface area contributed by atoms with E-state index in [1.165, 1.54) is 10.7 Å². The number of benzene rings is 2. The van der Waals surface area contributed by atoms with Crippen LogP contribution in [0.4, 0.5) is 13.2 Å². The minimum absolute atomic E-state index is 0.263. The Balaban J connectivity index is 1.50. The molecule has 2 aromatic carbocycles. The summed E-state index contributed by atoms with van der Waals surface area (Å²) in [5.41, 5.74) is 2.29. The predicted octanol–water partition coefficient (Wildman–Crippen LogP) is 4.88. The molecule has 0 bridgehead atoms. The summed E-state index contributed by atoms with van der Waals surface area (Å²) in [5, 5.41) is 7.16. The van der Waals surface area contributed by atoms with E-state index in [-0.39, 0.29) is 5.91 Å². The molecule has 0 saturated heterocycles. The Morgan fingerprint density at radius 1 is 1.09 bits per heavy atom. The number of imidazole rings is 1. The predicted molar refractivity (Wildman–Crippen MR) is 113 cm³/mol. The third kappa shape index (κ3) is 4.27. The number of carbonyl (C=O) groups excluding carboxylic acids is 1. The van der Waals surface area contributed by atoms with Gasteiger partial charge >= 0.3 is 6.18 Å². The lowest BCUT2D eigenvalue weighted by Gasteiger charge is -2.15. The standard InChI is InChI=1S/C23H20F3N5O/c1-15(29-22(32)17-6-8-19(9-7-17)30-11-10-27-14-30)21-13-28-31(16(21)2)20-5-3-4-18(12-20)23(24,25)26/h3-15H,1-2H3,(H,29,32)/t15-/m0/s1. The summed E-state index contributed by atoms with van der Waals surface area (Å²) in [6.07, 6.45) is 2.27. The molecular formula is C23H20F3N5O. The van der Waals surface area contributed by atoms with Crippen molar-refractivity contribution in [1.29, 1.82) is 0 Å². The molecule has 9 heteroatoms. The highest BCUT2D eigenvalue weighted by molar-refractivity contribution is 5.94. The zero-order valence-corrected chi connectivity index (χ0v) is 17.3. The normalized spacial score (nSPS) is 12.5. The molecule has 0 aliphatic rings. The van der Waals surface area contributed by atoms with Crippen LogP contribution in [0.3, 0.4) is 0 Å². The van der Waals surface area contributed by atoms with Crippen LogP contribution in [0.25, 0.3) is 11.4 Å². The number of carbonyl (C=O) groups is 1. The van der Waals surface area contributed by atoms with Gasteiger partial charge in [0, 0.05) is 34.9 Å². The van der Waals surface area contributed by atoms with Gasteiger partial charge in [0.1, 0.15) is 0 Å². The van der Waals surface area contributed by atoms with Crippen LogP contribution in [0, 0.1) is 6.92 Å². The van der Waals surface area contributed by atoms with Crippen LogP contribution in [0.15, 0.2) is 73.4 Å². The Bertz CT molecular complexity index is 1230. The second-order valence-electron chi connectivity index (χ2n) is 7.36. The summed E-state index contributed by atoms with van der Waals surface area (Å²) in [4.78, 5) is 16.7. The van der Waals surface area contributed by atoms with Gasteiger partial charge in [0.2, 0.25) is 0 Å². The first kappa shape index (κ1) is 21.4. The molecule has 2 heterocycles. The molecule has 0 unspecified atom stereocenters. The zero-order valence-electron chi connectivity index (χ0n) is 17.3. The van der Waals surface area contributed by atoms with Crippen LogP contribution in [-0.4, -0.2) is 25.2 Å². The van der Waals surface area contributed by atoms with Gasteiger partial charge in [-0.15, -0.1) is 0 Å². The zero-order chi connectivity index (χ0) is 22.9. The van der Waals surface area contributed by atoms with Gasteiger partial charge in [0.15, 0.2) is 0 Å². The molecular weight excluding hydrogens is 419 g/mol. The minimum Gasteiger partial charge on any atom is -0.345 e. The van der Waals surface area contributed by atoms with Gasteiger partial charge in [-0.2, -0.15) is 18.3 Å². The van der Waals surface area contributed by atoms with Gasteiger partial charge in [-0.25, -0.2) is 9.67 Å². The molecule has 0 saturated carbocycles. The number of hydrogen-bond donors (Lipinski definition) is 1. The van der Waals surface area contributed by atoms with Gasteiger partial charge in [-0.3, -0.25) is 4.79 Å². The lowest BCUT2D eigenvalue weighted by molar-refractivity contribution is -0.137. The summed E-state index contributed by atoms with van der Waals surface area (Å²) >= 11 is 0. The molecule has 164 valence electrons. The molecule has 1 amide bonds. The molecule has 0 aliphatic carbocycles. The van der Waals surface area contributed by atoms with E-state index in [0.717, 1.165) is 17.8 Å². The number of amides is 1. The highest BCUT2D eigenvalue weighted by atomic mass is 19.4. The molecule has 4 rings (SSSR count). The average molecular weight is 439 g/mol. The van der Waals surface area contributed by atoms with Crippen molar-refractivity contribution < 1.29 is 18.0 Å². The number of alkyl halides is 3. The molecule has 4 aromatic rings. The highest BCUT2D eigenvalue weighted by Gasteiger charge is 2.30. The Labute approximate surface area is 182 Å². The van der Waals surface area contributed by atoms with E-state index in [9.17, 15) is 18.0 Å². The Morgan fingerprint density at radius 3 is 2.50 bits per heavy atom. The fourth-order valence-corrected chi connectivity index (χ4v) is 3.48. The molecule has 0 aliphatic heterocycles. The van der Waals surface area contributed by atoms with Crippen molar-refractivity contribution in [3.8, 4) is 11.4 Å². The summed E-state index contributed by atoms with van der Waals surface area (Å²) in [6, 6.07) is 11.7. The van der Waals surface area contributed by atoms with Crippen LogP contribution < -0.4 is 5.32 Å². The van der Waals surface area contributed by atoms with Gasteiger partial charge in [0.25, 0.3) is 5.91 Å². The lowest BCUT2D eigenvalue weighted by atomic mass is 10.1. The summed E-state index contributed by atoms with van der Waals surface area (Å²) in [7, 11) is 0. The number of nitrogens with one attached hydrogen (secondary N) is 1. The third-order valence-corrected chi connectivity index (χ3v) is 5.21. The monoisotopic (exact) mass is 439 g/mol. The molecule has 6 nitrogen and oxygen atoms in total. The van der Waals surface area contributed by atoms with Crippen molar-refractivity contribution in [2.75, 3.05) is 0 Å². The topological polar surface area (TPSA) is 64.7 Å². The molecule has 0 spiro atoms. The third-order valence-electron chi connectivity index (χ3n) is 5.21. The largest absolute Gasteiger partial charge is 0.416 e. The number of hydrogen-bond acceptors (Lipinski definition) is 3. The molecule has 32 heavy (non-hydrogen) atoms. The van der Waals surface area contributed by atoms with Gasteiger partial charge in [0.05, 0.1) is 29.8 Å². The molecule has 0 fully saturated rings. The number of aromatic nitrogens is 4. The fourth-order valence-electron chi connectivity index (χ4n) is 3.48. The van der Waals surface area contributed by atoms with E-state index in [1.807, 2.05) is 22.9 Å². The summed E-state index contributed by atoms with van der Waals surface area (Å²) < 4.78 is 42.4. The van der Waals surface area contributed by atoms with Gasteiger partial charge in [-0.05, 0) is 56.3 Å². The van der Waals surface area contributed by atoms with Crippen molar-refractivity contribution in [2.24, 2.45) is 0 Å². The van der Waals surface area contributed by atoms with Crippen molar-refractivity contribution in [2.45, 2.75) is 26.1 Å². The van der Waals surface area contributed by atoms with Gasteiger partial charge in [-0.1, -0.05) is 6.07 Å². The maximum atomic E-state index is 13.0. The number of nitrogens with zero attached hydrogens (tertiary/aromatic N) is 4. The maximum absolute atomic E-state index is 13.0. The Morgan fingerprint density at radius 2 is 1.84 bits per heavy atom. The Kier molecular flexibility index (Phi) is 5.56. The van der Waals surface area contributed by atoms with Gasteiger partial charge < -0.3 is 9.88 Å². The summed E-state index contributed by atoms with van der Waals surface area (Å²) in [6.45, 7) is 3.56. The molecule has 1 atom stereocenters. The SMILES string of the molecule is Cc1c([C@H](C)NC(=O)c2ccc(-n3ccnc3)cc2)cnn1-c1cccc(C(F)(F)F)c1. The van der Waals surface area contributed by atoms with E-state index < -0.39 is 17.8 Å². The quantitative estimate of drug-likeness (QED) is 0.482. The van der Waals surface area contributed by atoms with Crippen LogP contribution in [0.2, 0.25) is 0 Å². The van der Waals surface area contributed by atoms with Crippen molar-refractivity contribution in [1.82, 2.24) is 24.6 Å². The smallest absolute Gasteiger partial charge is 0.345 e. The van der Waals surface area contributed by atoms with E-state index in [2.05, 4.69) is 15.4 Å². The first-order valence-electron chi connectivity index (χ1n) is 9.85. The molecule has 0 radical (unpaired) electrons. The lowest BCUT2D eigenvalue weighted by Crippen LogP contribution is -2.27. The number of halogens is 3. The van der Waals surface area contributed by atoms with E-state index in [1.54, 1.807) is 50.8 Å². The fraction of sp³-hybridized carbons (Fsp3) is 0.174. The second-order valence-corrected chi connectivity index (χ2v) is 7.36. The minimum atomic E-state index is -4.44. The van der Waals surface area contributed by atoms with E-state index in [0.29, 0.717) is 22.5 Å². The van der Waals surface area contributed by atoms with Crippen molar-refractivity contribution in [3.05, 3.63) is 95.8 Å². The van der Waals surface area contributed by atoms with Crippen LogP contribution >= 0.6 is 0 Å². The first-order valence-corrected chi connectivity index (χ1v) is 9.85. The van der Waals surface area contributed by atoms with E-state index in [4.69, 9.17) is 0 Å². The highest BCUT2D eigenvalue weighted by Crippen LogP contribution is 2.31. The first-order chi connectivity index (χ1) is 15.2. The van der Waals surface area contributed by atoms with Crippen molar-refractivity contribution >= 4 is 5.91 Å². The molecule has 2 aromatic heterocycles. The Hall–Kier alpha value is -3.88. The number of rotatable bonds is 5. The van der Waals surface area contributed by atoms with Crippen LogP contribution in [0.5, 0.6) is 0 Å².